The Hall–Kier alpha value is -3.10. The molecule has 2 heterocycles. The van der Waals surface area contributed by atoms with Crippen LogP contribution in [0.1, 0.15) is 29.9 Å². The Morgan fingerprint density at radius 3 is 2.12 bits per heavy atom. The first-order valence-electron chi connectivity index (χ1n) is 11.4. The van der Waals surface area contributed by atoms with E-state index in [1.54, 1.807) is 25.9 Å². The number of para-hydroxylation sites is 1. The van der Waals surface area contributed by atoms with Crippen molar-refractivity contribution in [3.63, 3.8) is 0 Å². The van der Waals surface area contributed by atoms with Crippen LogP contribution in [0.3, 0.4) is 0 Å². The molecule has 0 unspecified atom stereocenters. The number of carbonyl (C=O) groups is 1. The van der Waals surface area contributed by atoms with E-state index in [0.29, 0.717) is 31.7 Å². The van der Waals surface area contributed by atoms with E-state index in [1.165, 1.54) is 4.31 Å². The van der Waals surface area contributed by atoms with Gasteiger partial charge >= 0.3 is 0 Å². The van der Waals surface area contributed by atoms with Crippen molar-refractivity contribution >= 4 is 15.9 Å². The summed E-state index contributed by atoms with van der Waals surface area (Å²) < 4.78 is 33.9. The standard InChI is InChI=1S/C26H31N3O4S/c1-19(2)34(31,32)28-16-14-27(15-17-28)26(30)24-18-25(21-10-12-23(33-4)13-11-21)29(20(24)3)22-8-6-5-7-9-22/h5-13,18-19H,14-17H2,1-4H3. The van der Waals surface area contributed by atoms with E-state index in [4.69, 9.17) is 4.74 Å². The number of piperazine rings is 1. The number of hydrogen-bond donors (Lipinski definition) is 0. The number of benzene rings is 2. The summed E-state index contributed by atoms with van der Waals surface area (Å²) in [6, 6.07) is 19.7. The lowest BCUT2D eigenvalue weighted by atomic mass is 10.1. The highest BCUT2D eigenvalue weighted by Crippen LogP contribution is 2.31. The second-order valence-electron chi connectivity index (χ2n) is 8.71. The minimum absolute atomic E-state index is 0.0801. The molecule has 1 saturated heterocycles. The van der Waals surface area contributed by atoms with E-state index < -0.39 is 15.3 Å². The molecule has 1 fully saturated rings. The SMILES string of the molecule is COc1ccc(-c2cc(C(=O)N3CCN(S(=O)(=O)C(C)C)CC3)c(C)n2-c2ccccc2)cc1. The molecule has 0 saturated carbocycles. The van der Waals surface area contributed by atoms with Gasteiger partial charge in [-0.1, -0.05) is 18.2 Å². The molecule has 0 radical (unpaired) electrons. The molecule has 7 nitrogen and oxygen atoms in total. The monoisotopic (exact) mass is 481 g/mol. The summed E-state index contributed by atoms with van der Waals surface area (Å²) in [6.07, 6.45) is 0. The van der Waals surface area contributed by atoms with Crippen molar-refractivity contribution in [2.45, 2.75) is 26.0 Å². The molecule has 2 aromatic carbocycles. The maximum Gasteiger partial charge on any atom is 0.255 e. The Balaban J connectivity index is 1.67. The number of sulfonamides is 1. The summed E-state index contributed by atoms with van der Waals surface area (Å²) in [5.74, 6) is 0.687. The minimum Gasteiger partial charge on any atom is -0.497 e. The average molecular weight is 482 g/mol. The predicted octanol–water partition coefficient (Wildman–Crippen LogP) is 3.96. The lowest BCUT2D eigenvalue weighted by Crippen LogP contribution is -2.52. The summed E-state index contributed by atoms with van der Waals surface area (Å²) in [6.45, 7) is 6.70. The summed E-state index contributed by atoms with van der Waals surface area (Å²) in [7, 11) is -1.69. The van der Waals surface area contributed by atoms with Crippen LogP contribution in [-0.4, -0.2) is 66.6 Å². The minimum atomic E-state index is -3.32. The Bertz CT molecular complexity index is 1260. The molecular formula is C26H31N3O4S. The summed E-state index contributed by atoms with van der Waals surface area (Å²) in [4.78, 5) is 15.3. The first-order valence-corrected chi connectivity index (χ1v) is 12.9. The molecule has 180 valence electrons. The summed E-state index contributed by atoms with van der Waals surface area (Å²) >= 11 is 0. The third-order valence-electron chi connectivity index (χ3n) is 6.36. The third kappa shape index (κ3) is 4.48. The van der Waals surface area contributed by atoms with Gasteiger partial charge in [-0.15, -0.1) is 0 Å². The number of amides is 1. The van der Waals surface area contributed by atoms with Gasteiger partial charge in [-0.3, -0.25) is 4.79 Å². The molecular weight excluding hydrogens is 450 g/mol. The van der Waals surface area contributed by atoms with Gasteiger partial charge in [-0.25, -0.2) is 8.42 Å². The first kappa shape index (κ1) is 24.0. The van der Waals surface area contributed by atoms with Crippen molar-refractivity contribution in [3.05, 3.63) is 71.9 Å². The Kier molecular flexibility index (Phi) is 6.81. The van der Waals surface area contributed by atoms with Gasteiger partial charge in [-0.2, -0.15) is 4.31 Å². The lowest BCUT2D eigenvalue weighted by molar-refractivity contribution is 0.0697. The zero-order chi connectivity index (χ0) is 24.5. The fourth-order valence-electron chi connectivity index (χ4n) is 4.32. The number of carbonyl (C=O) groups excluding carboxylic acids is 1. The van der Waals surface area contributed by atoms with E-state index in [1.807, 2.05) is 67.6 Å². The van der Waals surface area contributed by atoms with Gasteiger partial charge in [0.1, 0.15) is 5.75 Å². The van der Waals surface area contributed by atoms with E-state index in [0.717, 1.165) is 28.4 Å². The van der Waals surface area contributed by atoms with Crippen molar-refractivity contribution in [1.29, 1.82) is 0 Å². The number of methoxy groups -OCH3 is 1. The number of rotatable bonds is 6. The highest BCUT2D eigenvalue weighted by atomic mass is 32.2. The van der Waals surface area contributed by atoms with Gasteiger partial charge in [0.15, 0.2) is 0 Å². The van der Waals surface area contributed by atoms with Crippen LogP contribution in [0.15, 0.2) is 60.7 Å². The Morgan fingerprint density at radius 2 is 1.56 bits per heavy atom. The van der Waals surface area contributed by atoms with Crippen LogP contribution in [0.25, 0.3) is 16.9 Å². The summed E-state index contributed by atoms with van der Waals surface area (Å²) in [5, 5.41) is -0.469. The topological polar surface area (TPSA) is 71.8 Å². The van der Waals surface area contributed by atoms with Gasteiger partial charge in [0, 0.05) is 37.6 Å². The van der Waals surface area contributed by atoms with Crippen molar-refractivity contribution in [1.82, 2.24) is 13.8 Å². The average Bonchev–Trinajstić information content (AvgIpc) is 3.21. The highest BCUT2D eigenvalue weighted by molar-refractivity contribution is 7.89. The molecule has 3 aromatic rings. The third-order valence-corrected chi connectivity index (χ3v) is 8.64. The molecule has 34 heavy (non-hydrogen) atoms. The highest BCUT2D eigenvalue weighted by Gasteiger charge is 2.32. The quantitative estimate of drug-likeness (QED) is 0.534. The van der Waals surface area contributed by atoms with Crippen LogP contribution in [0, 0.1) is 6.92 Å². The van der Waals surface area contributed by atoms with Gasteiger partial charge in [0.05, 0.1) is 23.6 Å². The van der Waals surface area contributed by atoms with Crippen LogP contribution in [0.4, 0.5) is 0 Å². The van der Waals surface area contributed by atoms with Crippen LogP contribution in [0.5, 0.6) is 5.75 Å². The van der Waals surface area contributed by atoms with Crippen molar-refractivity contribution < 1.29 is 17.9 Å². The van der Waals surface area contributed by atoms with Crippen molar-refractivity contribution in [3.8, 4) is 22.7 Å². The fraction of sp³-hybridized carbons (Fsp3) is 0.346. The smallest absolute Gasteiger partial charge is 0.255 e. The molecule has 0 atom stereocenters. The summed E-state index contributed by atoms with van der Waals surface area (Å²) in [5.41, 5.74) is 4.32. The largest absolute Gasteiger partial charge is 0.497 e. The van der Waals surface area contributed by atoms with Crippen LogP contribution >= 0.6 is 0 Å². The fourth-order valence-corrected chi connectivity index (χ4v) is 5.59. The zero-order valence-electron chi connectivity index (χ0n) is 20.1. The van der Waals surface area contributed by atoms with E-state index in [-0.39, 0.29) is 5.91 Å². The zero-order valence-corrected chi connectivity index (χ0v) is 20.9. The maximum atomic E-state index is 13.6. The molecule has 0 aliphatic carbocycles. The molecule has 1 amide bonds. The van der Waals surface area contributed by atoms with Gasteiger partial charge in [0.25, 0.3) is 5.91 Å². The number of ether oxygens (including phenoxy) is 1. The molecule has 4 rings (SSSR count). The van der Waals surface area contributed by atoms with Crippen LogP contribution < -0.4 is 4.74 Å². The molecule has 0 spiro atoms. The van der Waals surface area contributed by atoms with Crippen LogP contribution in [0.2, 0.25) is 0 Å². The van der Waals surface area contributed by atoms with Crippen LogP contribution in [-0.2, 0) is 10.0 Å². The van der Waals surface area contributed by atoms with E-state index >= 15 is 0 Å². The first-order chi connectivity index (χ1) is 16.2. The second kappa shape index (κ2) is 9.64. The van der Waals surface area contributed by atoms with E-state index in [2.05, 4.69) is 4.57 Å². The van der Waals surface area contributed by atoms with Crippen molar-refractivity contribution in [2.75, 3.05) is 33.3 Å². The molecule has 0 bridgehead atoms. The molecule has 1 aromatic heterocycles. The predicted molar refractivity (Wildman–Crippen MR) is 134 cm³/mol. The number of aromatic nitrogens is 1. The van der Waals surface area contributed by atoms with Crippen molar-refractivity contribution in [2.24, 2.45) is 0 Å². The number of nitrogens with zero attached hydrogens (tertiary/aromatic N) is 3. The number of hydrogen-bond acceptors (Lipinski definition) is 4. The lowest BCUT2D eigenvalue weighted by Gasteiger charge is -2.34. The molecule has 1 aliphatic rings. The Labute approximate surface area is 201 Å². The van der Waals surface area contributed by atoms with Gasteiger partial charge < -0.3 is 14.2 Å². The second-order valence-corrected chi connectivity index (χ2v) is 11.2. The molecule has 0 N–H and O–H groups in total. The van der Waals surface area contributed by atoms with Gasteiger partial charge in [-0.05, 0) is 68.8 Å². The Morgan fingerprint density at radius 1 is 0.941 bits per heavy atom. The molecule has 1 aliphatic heterocycles. The van der Waals surface area contributed by atoms with Gasteiger partial charge in [0.2, 0.25) is 10.0 Å². The molecule has 8 heteroatoms. The van der Waals surface area contributed by atoms with E-state index in [9.17, 15) is 13.2 Å². The normalized spacial score (nSPS) is 15.0. The maximum absolute atomic E-state index is 13.6.